The summed E-state index contributed by atoms with van der Waals surface area (Å²) in [6.45, 7) is 3.79. The van der Waals surface area contributed by atoms with Gasteiger partial charge in [0, 0.05) is 23.0 Å². The Morgan fingerprint density at radius 1 is 1.26 bits per heavy atom. The minimum atomic E-state index is -0.163. The Kier molecular flexibility index (Phi) is 5.02. The Bertz CT molecular complexity index is 1030. The van der Waals surface area contributed by atoms with E-state index in [4.69, 9.17) is 11.6 Å². The van der Waals surface area contributed by atoms with Crippen molar-refractivity contribution in [3.63, 3.8) is 0 Å². The van der Waals surface area contributed by atoms with Gasteiger partial charge in [-0.1, -0.05) is 30.7 Å². The van der Waals surface area contributed by atoms with Gasteiger partial charge in [0.25, 0.3) is 5.56 Å². The zero-order chi connectivity index (χ0) is 19.0. The van der Waals surface area contributed by atoms with Crippen LogP contribution in [0.1, 0.15) is 19.8 Å². The van der Waals surface area contributed by atoms with Crippen molar-refractivity contribution in [2.24, 2.45) is 5.92 Å². The predicted molar refractivity (Wildman–Crippen MR) is 109 cm³/mol. The molecule has 1 amide bonds. The molecule has 0 spiro atoms. The van der Waals surface area contributed by atoms with Crippen LogP contribution in [-0.4, -0.2) is 33.4 Å². The predicted octanol–water partition coefficient (Wildman–Crippen LogP) is 4.04. The molecule has 1 fully saturated rings. The van der Waals surface area contributed by atoms with Gasteiger partial charge < -0.3 is 4.90 Å². The fourth-order valence-electron chi connectivity index (χ4n) is 3.32. The average molecular weight is 402 g/mol. The van der Waals surface area contributed by atoms with Crippen molar-refractivity contribution < 1.29 is 4.79 Å². The Morgan fingerprint density at radius 2 is 1.96 bits per heavy atom. The summed E-state index contributed by atoms with van der Waals surface area (Å²) >= 11 is 7.34. The number of benzene rings is 1. The lowest BCUT2D eigenvalue weighted by Gasteiger charge is -2.30. The molecule has 0 saturated carbocycles. The SMILES string of the molecule is CC1CCN(C(=O)Cn2cnc3cc(-c4ccc(Cl)cc4)sc3c2=O)CC1. The zero-order valence-electron chi connectivity index (χ0n) is 15.0. The Hall–Kier alpha value is -2.18. The van der Waals surface area contributed by atoms with Crippen molar-refractivity contribution in [3.8, 4) is 10.4 Å². The first-order valence-corrected chi connectivity index (χ1v) is 10.2. The summed E-state index contributed by atoms with van der Waals surface area (Å²) in [5.74, 6) is 0.645. The quantitative estimate of drug-likeness (QED) is 0.665. The van der Waals surface area contributed by atoms with Gasteiger partial charge in [-0.3, -0.25) is 14.2 Å². The number of rotatable bonds is 3. The van der Waals surface area contributed by atoms with Crippen LogP contribution in [0.2, 0.25) is 5.02 Å². The number of piperidine rings is 1. The third-order valence-corrected chi connectivity index (χ3v) is 6.49. The van der Waals surface area contributed by atoms with Crippen molar-refractivity contribution in [1.82, 2.24) is 14.5 Å². The number of amides is 1. The summed E-state index contributed by atoms with van der Waals surface area (Å²) in [6, 6.07) is 9.40. The van der Waals surface area contributed by atoms with E-state index in [9.17, 15) is 9.59 Å². The smallest absolute Gasteiger partial charge is 0.271 e. The van der Waals surface area contributed by atoms with E-state index in [1.165, 1.54) is 22.2 Å². The molecular formula is C20H20ClN3O2S. The number of carbonyl (C=O) groups is 1. The minimum absolute atomic E-state index is 0.0142. The Balaban J connectivity index is 1.59. The first-order valence-electron chi connectivity index (χ1n) is 9.04. The van der Waals surface area contributed by atoms with Gasteiger partial charge in [-0.25, -0.2) is 4.98 Å². The van der Waals surface area contributed by atoms with Crippen LogP contribution in [0, 0.1) is 5.92 Å². The van der Waals surface area contributed by atoms with Crippen LogP contribution >= 0.6 is 22.9 Å². The molecule has 7 heteroatoms. The first kappa shape index (κ1) is 18.2. The van der Waals surface area contributed by atoms with E-state index in [-0.39, 0.29) is 18.0 Å². The highest BCUT2D eigenvalue weighted by atomic mass is 35.5. The molecule has 0 N–H and O–H groups in total. The van der Waals surface area contributed by atoms with Crippen LogP contribution in [-0.2, 0) is 11.3 Å². The van der Waals surface area contributed by atoms with Crippen molar-refractivity contribution in [3.05, 3.63) is 52.0 Å². The topological polar surface area (TPSA) is 55.2 Å². The van der Waals surface area contributed by atoms with Crippen LogP contribution in [0.25, 0.3) is 20.7 Å². The van der Waals surface area contributed by atoms with E-state index >= 15 is 0 Å². The largest absolute Gasteiger partial charge is 0.341 e. The van der Waals surface area contributed by atoms with E-state index in [1.807, 2.05) is 35.2 Å². The fourth-order valence-corrected chi connectivity index (χ4v) is 4.51. The van der Waals surface area contributed by atoms with Crippen LogP contribution in [0.4, 0.5) is 0 Å². The van der Waals surface area contributed by atoms with Crippen LogP contribution in [0.5, 0.6) is 0 Å². The van der Waals surface area contributed by atoms with Gasteiger partial charge in [0.05, 0.1) is 11.8 Å². The maximum absolute atomic E-state index is 12.8. The lowest BCUT2D eigenvalue weighted by Crippen LogP contribution is -2.41. The molecule has 3 heterocycles. The highest BCUT2D eigenvalue weighted by molar-refractivity contribution is 7.22. The molecule has 1 saturated heterocycles. The second kappa shape index (κ2) is 7.44. The molecule has 1 aromatic carbocycles. The number of carbonyl (C=O) groups excluding carboxylic acids is 1. The van der Waals surface area contributed by atoms with Crippen molar-refractivity contribution in [2.75, 3.05) is 13.1 Å². The van der Waals surface area contributed by atoms with Gasteiger partial charge in [0.2, 0.25) is 5.91 Å². The number of fused-ring (bicyclic) bond motifs is 1. The molecule has 1 aliphatic rings. The first-order chi connectivity index (χ1) is 13.0. The third-order valence-electron chi connectivity index (χ3n) is 5.07. The third kappa shape index (κ3) is 3.77. The molecule has 0 aliphatic carbocycles. The van der Waals surface area contributed by atoms with Crippen LogP contribution < -0.4 is 5.56 Å². The van der Waals surface area contributed by atoms with Crippen molar-refractivity contribution >= 4 is 39.1 Å². The molecule has 0 bridgehead atoms. The van der Waals surface area contributed by atoms with Crippen LogP contribution in [0.15, 0.2) is 41.5 Å². The van der Waals surface area contributed by atoms with Gasteiger partial charge in [-0.05, 0) is 42.5 Å². The van der Waals surface area contributed by atoms with Crippen molar-refractivity contribution in [1.29, 1.82) is 0 Å². The van der Waals surface area contributed by atoms with Gasteiger partial charge >= 0.3 is 0 Å². The van der Waals surface area contributed by atoms with Gasteiger partial charge in [0.1, 0.15) is 11.2 Å². The number of hydrogen-bond acceptors (Lipinski definition) is 4. The van der Waals surface area contributed by atoms with E-state index in [1.54, 1.807) is 0 Å². The van der Waals surface area contributed by atoms with Crippen LogP contribution in [0.3, 0.4) is 0 Å². The molecule has 1 aliphatic heterocycles. The van der Waals surface area contributed by atoms with Gasteiger partial charge in [-0.15, -0.1) is 11.3 Å². The van der Waals surface area contributed by atoms with E-state index in [2.05, 4.69) is 11.9 Å². The number of aromatic nitrogens is 2. The standard InChI is InChI=1S/C20H20ClN3O2S/c1-13-6-8-23(9-7-13)18(25)11-24-12-22-16-10-17(27-19(16)20(24)26)14-2-4-15(21)5-3-14/h2-5,10,12-13H,6-9,11H2,1H3. The summed E-state index contributed by atoms with van der Waals surface area (Å²) in [4.78, 5) is 32.6. The second-order valence-corrected chi connectivity index (χ2v) is 8.56. The lowest BCUT2D eigenvalue weighted by molar-refractivity contribution is -0.133. The maximum Gasteiger partial charge on any atom is 0.271 e. The molecular weight excluding hydrogens is 382 g/mol. The second-order valence-electron chi connectivity index (χ2n) is 7.07. The Labute approximate surface area is 166 Å². The molecule has 140 valence electrons. The summed E-state index contributed by atoms with van der Waals surface area (Å²) in [5, 5.41) is 0.672. The maximum atomic E-state index is 12.8. The highest BCUT2D eigenvalue weighted by Crippen LogP contribution is 2.31. The molecule has 0 atom stereocenters. The average Bonchev–Trinajstić information content (AvgIpc) is 3.10. The monoisotopic (exact) mass is 401 g/mol. The highest BCUT2D eigenvalue weighted by Gasteiger charge is 2.21. The minimum Gasteiger partial charge on any atom is -0.341 e. The van der Waals surface area contributed by atoms with E-state index < -0.39 is 0 Å². The molecule has 0 unspecified atom stereocenters. The summed E-state index contributed by atoms with van der Waals surface area (Å²) in [5.41, 5.74) is 1.49. The van der Waals surface area contributed by atoms with Gasteiger partial charge in [0.15, 0.2) is 0 Å². The fraction of sp³-hybridized carbons (Fsp3) is 0.350. The molecule has 2 aromatic heterocycles. The molecule has 4 rings (SSSR count). The molecule has 27 heavy (non-hydrogen) atoms. The normalized spacial score (nSPS) is 15.4. The zero-order valence-corrected chi connectivity index (χ0v) is 16.6. The number of thiophene rings is 1. The number of likely N-dealkylation sites (tertiary alicyclic amines) is 1. The number of nitrogens with zero attached hydrogens (tertiary/aromatic N) is 3. The summed E-state index contributed by atoms with van der Waals surface area (Å²) in [7, 11) is 0. The van der Waals surface area contributed by atoms with Gasteiger partial charge in [-0.2, -0.15) is 0 Å². The molecule has 3 aromatic rings. The lowest BCUT2D eigenvalue weighted by atomic mass is 9.99. The summed E-state index contributed by atoms with van der Waals surface area (Å²) in [6.07, 6.45) is 3.52. The summed E-state index contributed by atoms with van der Waals surface area (Å²) < 4.78 is 1.99. The molecule has 5 nitrogen and oxygen atoms in total. The van der Waals surface area contributed by atoms with Crippen molar-refractivity contribution in [2.45, 2.75) is 26.3 Å². The van der Waals surface area contributed by atoms with E-state index in [0.29, 0.717) is 21.2 Å². The number of hydrogen-bond donors (Lipinski definition) is 0. The van der Waals surface area contributed by atoms with E-state index in [0.717, 1.165) is 36.4 Å². The number of halogens is 1. The molecule has 0 radical (unpaired) electrons. The Morgan fingerprint density at radius 3 is 2.67 bits per heavy atom.